The Hall–Kier alpha value is -0.180. The molecule has 1 N–H and O–H groups in total. The fourth-order valence-electron chi connectivity index (χ4n) is 0.517. The van der Waals surface area contributed by atoms with Crippen LogP contribution >= 0.6 is 0 Å². The lowest BCUT2D eigenvalue weighted by molar-refractivity contribution is -0.0325. The molecule has 1 atom stereocenters. The molecule has 0 bridgehead atoms. The molecule has 0 aliphatic heterocycles. The average molecular weight is 137 g/mol. The SMILES string of the molecule is CCC(F)(F)C(C)NC. The van der Waals surface area contributed by atoms with E-state index in [4.69, 9.17) is 0 Å². The summed E-state index contributed by atoms with van der Waals surface area (Å²) in [5, 5.41) is 2.51. The molecule has 0 radical (unpaired) electrons. The molecule has 0 aliphatic carbocycles. The standard InChI is InChI=1S/C6H13F2N/c1-4-6(7,8)5(2)9-3/h5,9H,4H2,1-3H3. The smallest absolute Gasteiger partial charge is 0.262 e. The van der Waals surface area contributed by atoms with E-state index in [0.717, 1.165) is 0 Å². The van der Waals surface area contributed by atoms with Gasteiger partial charge in [0, 0.05) is 6.42 Å². The van der Waals surface area contributed by atoms with Crippen molar-refractivity contribution in [3.8, 4) is 0 Å². The quantitative estimate of drug-likeness (QED) is 0.623. The minimum Gasteiger partial charge on any atom is -0.312 e. The number of hydrogen-bond donors (Lipinski definition) is 1. The summed E-state index contributed by atoms with van der Waals surface area (Å²) in [7, 11) is 1.54. The molecule has 0 spiro atoms. The summed E-state index contributed by atoms with van der Waals surface area (Å²) in [5.74, 6) is -2.56. The third-order valence-corrected chi connectivity index (χ3v) is 1.54. The van der Waals surface area contributed by atoms with E-state index >= 15 is 0 Å². The zero-order valence-electron chi connectivity index (χ0n) is 6.04. The Labute approximate surface area is 54.4 Å². The van der Waals surface area contributed by atoms with Gasteiger partial charge in [-0.3, -0.25) is 0 Å². The minimum atomic E-state index is -2.56. The van der Waals surface area contributed by atoms with Crippen molar-refractivity contribution < 1.29 is 8.78 Å². The number of hydrogen-bond acceptors (Lipinski definition) is 1. The van der Waals surface area contributed by atoms with Crippen LogP contribution in [-0.2, 0) is 0 Å². The topological polar surface area (TPSA) is 12.0 Å². The Bertz CT molecular complexity index is 83.1. The normalized spacial score (nSPS) is 15.7. The fraction of sp³-hybridized carbons (Fsp3) is 1.00. The van der Waals surface area contributed by atoms with Crippen molar-refractivity contribution in [1.82, 2.24) is 5.32 Å². The molecule has 1 unspecified atom stereocenters. The van der Waals surface area contributed by atoms with Gasteiger partial charge in [0.1, 0.15) is 0 Å². The highest BCUT2D eigenvalue weighted by molar-refractivity contribution is 4.75. The van der Waals surface area contributed by atoms with E-state index in [1.165, 1.54) is 20.9 Å². The van der Waals surface area contributed by atoms with Gasteiger partial charge >= 0.3 is 0 Å². The largest absolute Gasteiger partial charge is 0.312 e. The second-order valence-corrected chi connectivity index (χ2v) is 2.12. The van der Waals surface area contributed by atoms with Crippen LogP contribution in [0.2, 0.25) is 0 Å². The molecule has 0 saturated carbocycles. The summed E-state index contributed by atoms with van der Waals surface area (Å²) in [6.07, 6.45) is -0.102. The van der Waals surface area contributed by atoms with Crippen LogP contribution in [0.1, 0.15) is 20.3 Å². The van der Waals surface area contributed by atoms with Crippen molar-refractivity contribution in [1.29, 1.82) is 0 Å². The van der Waals surface area contributed by atoms with Gasteiger partial charge in [-0.05, 0) is 14.0 Å². The lowest BCUT2D eigenvalue weighted by Gasteiger charge is -2.20. The molecule has 9 heavy (non-hydrogen) atoms. The summed E-state index contributed by atoms with van der Waals surface area (Å²) in [5.41, 5.74) is 0. The highest BCUT2D eigenvalue weighted by Crippen LogP contribution is 2.21. The van der Waals surface area contributed by atoms with E-state index in [1.54, 1.807) is 0 Å². The highest BCUT2D eigenvalue weighted by Gasteiger charge is 2.32. The lowest BCUT2D eigenvalue weighted by Crippen LogP contribution is -2.40. The first-order chi connectivity index (χ1) is 4.04. The molecule has 0 heterocycles. The molecular formula is C6H13F2N. The maximum absolute atomic E-state index is 12.5. The molecule has 1 nitrogen and oxygen atoms in total. The fourth-order valence-corrected chi connectivity index (χ4v) is 0.517. The van der Waals surface area contributed by atoms with Crippen molar-refractivity contribution in [2.45, 2.75) is 32.2 Å². The van der Waals surface area contributed by atoms with Gasteiger partial charge in [-0.15, -0.1) is 0 Å². The summed E-state index contributed by atoms with van der Waals surface area (Å²) < 4.78 is 25.0. The molecule has 0 saturated heterocycles. The van der Waals surface area contributed by atoms with E-state index in [-0.39, 0.29) is 6.42 Å². The van der Waals surface area contributed by atoms with Gasteiger partial charge < -0.3 is 5.32 Å². The van der Waals surface area contributed by atoms with Crippen LogP contribution in [0.15, 0.2) is 0 Å². The van der Waals surface area contributed by atoms with Crippen molar-refractivity contribution in [3.63, 3.8) is 0 Å². The molecule has 0 rings (SSSR count). The molecule has 0 fully saturated rings. The van der Waals surface area contributed by atoms with Crippen LogP contribution in [0, 0.1) is 0 Å². The molecular weight excluding hydrogens is 124 g/mol. The number of nitrogens with one attached hydrogen (secondary N) is 1. The maximum atomic E-state index is 12.5. The van der Waals surface area contributed by atoms with E-state index < -0.39 is 12.0 Å². The van der Waals surface area contributed by atoms with Crippen LogP contribution in [-0.4, -0.2) is 19.0 Å². The maximum Gasteiger partial charge on any atom is 0.262 e. The first kappa shape index (κ1) is 8.82. The van der Waals surface area contributed by atoms with Crippen molar-refractivity contribution in [2.24, 2.45) is 0 Å². The Morgan fingerprint density at radius 3 is 2.11 bits per heavy atom. The molecule has 56 valence electrons. The van der Waals surface area contributed by atoms with E-state index in [1.807, 2.05) is 0 Å². The Morgan fingerprint density at radius 1 is 1.56 bits per heavy atom. The molecule has 0 aliphatic rings. The second kappa shape index (κ2) is 3.11. The van der Waals surface area contributed by atoms with Crippen LogP contribution in [0.4, 0.5) is 8.78 Å². The predicted octanol–water partition coefficient (Wildman–Crippen LogP) is 1.64. The van der Waals surface area contributed by atoms with Crippen molar-refractivity contribution >= 4 is 0 Å². The first-order valence-electron chi connectivity index (χ1n) is 3.09. The van der Waals surface area contributed by atoms with E-state index in [0.29, 0.717) is 0 Å². The predicted molar refractivity (Wildman–Crippen MR) is 33.8 cm³/mol. The van der Waals surface area contributed by atoms with Gasteiger partial charge in [-0.1, -0.05) is 6.92 Å². The summed E-state index contributed by atoms with van der Waals surface area (Å²) >= 11 is 0. The zero-order valence-corrected chi connectivity index (χ0v) is 6.04. The van der Waals surface area contributed by atoms with Crippen LogP contribution in [0.25, 0.3) is 0 Å². The van der Waals surface area contributed by atoms with Crippen LogP contribution in [0.3, 0.4) is 0 Å². The van der Waals surface area contributed by atoms with Gasteiger partial charge in [0.15, 0.2) is 0 Å². The number of halogens is 2. The molecule has 3 heteroatoms. The third-order valence-electron chi connectivity index (χ3n) is 1.54. The second-order valence-electron chi connectivity index (χ2n) is 2.12. The van der Waals surface area contributed by atoms with Crippen LogP contribution in [0.5, 0.6) is 0 Å². The summed E-state index contributed by atoms with van der Waals surface area (Å²) in [6.45, 7) is 2.96. The molecule has 0 aromatic rings. The molecule has 0 aromatic carbocycles. The van der Waals surface area contributed by atoms with E-state index in [9.17, 15) is 8.78 Å². The average Bonchev–Trinajstić information content (AvgIpc) is 1.86. The monoisotopic (exact) mass is 137 g/mol. The van der Waals surface area contributed by atoms with Gasteiger partial charge in [0.05, 0.1) is 6.04 Å². The molecule has 0 aromatic heterocycles. The van der Waals surface area contributed by atoms with Crippen molar-refractivity contribution in [3.05, 3.63) is 0 Å². The van der Waals surface area contributed by atoms with Crippen LogP contribution < -0.4 is 5.32 Å². The lowest BCUT2D eigenvalue weighted by atomic mass is 10.1. The Balaban J connectivity index is 3.80. The van der Waals surface area contributed by atoms with Crippen molar-refractivity contribution in [2.75, 3.05) is 7.05 Å². The van der Waals surface area contributed by atoms with Gasteiger partial charge in [-0.25, -0.2) is 8.78 Å². The zero-order chi connectivity index (χ0) is 7.49. The first-order valence-corrected chi connectivity index (χ1v) is 3.09. The Kier molecular flexibility index (Phi) is 3.04. The van der Waals surface area contributed by atoms with Gasteiger partial charge in [0.2, 0.25) is 0 Å². The third kappa shape index (κ3) is 2.26. The highest BCUT2D eigenvalue weighted by atomic mass is 19.3. The molecule has 0 amide bonds. The minimum absolute atomic E-state index is 0.102. The summed E-state index contributed by atoms with van der Waals surface area (Å²) in [4.78, 5) is 0. The summed E-state index contributed by atoms with van der Waals surface area (Å²) in [6, 6.07) is -0.720. The van der Waals surface area contributed by atoms with Gasteiger partial charge in [0.25, 0.3) is 5.92 Å². The Morgan fingerprint density at radius 2 is 2.00 bits per heavy atom. The van der Waals surface area contributed by atoms with E-state index in [2.05, 4.69) is 5.32 Å². The number of alkyl halides is 2. The van der Waals surface area contributed by atoms with Gasteiger partial charge in [-0.2, -0.15) is 0 Å². The number of rotatable bonds is 3.